The minimum atomic E-state index is 0.161. The van der Waals surface area contributed by atoms with Crippen molar-refractivity contribution in [3.8, 4) is 0 Å². The highest BCUT2D eigenvalue weighted by molar-refractivity contribution is 5.93. The molecule has 1 aliphatic heterocycles. The first-order valence-electron chi connectivity index (χ1n) is 5.32. The molecular weight excluding hydrogens is 190 g/mol. The first-order valence-corrected chi connectivity index (χ1v) is 5.32. The molecule has 0 atom stereocenters. The number of amides is 1. The monoisotopic (exact) mass is 211 g/mol. The number of carbonyl (C=O) groups excluding carboxylic acids is 1. The summed E-state index contributed by atoms with van der Waals surface area (Å²) in [6, 6.07) is 0. The van der Waals surface area contributed by atoms with Crippen molar-refractivity contribution in [2.24, 2.45) is 0 Å². The fraction of sp³-hybridized carbons (Fsp3) is 0.727. The van der Waals surface area contributed by atoms with Gasteiger partial charge in [-0.05, 0) is 26.6 Å². The first kappa shape index (κ1) is 12.2. The molecule has 0 saturated carbocycles. The fourth-order valence-corrected chi connectivity index (χ4v) is 1.40. The molecule has 1 N–H and O–H groups in total. The summed E-state index contributed by atoms with van der Waals surface area (Å²) in [4.78, 5) is 15.8. The largest absolute Gasteiger partial charge is 0.341 e. The van der Waals surface area contributed by atoms with E-state index in [-0.39, 0.29) is 5.91 Å². The van der Waals surface area contributed by atoms with E-state index in [0.717, 1.165) is 31.8 Å². The lowest BCUT2D eigenvalue weighted by atomic mass is 10.0. The topological polar surface area (TPSA) is 35.6 Å². The highest BCUT2D eigenvalue weighted by atomic mass is 16.2. The lowest BCUT2D eigenvalue weighted by Crippen LogP contribution is -2.39. The van der Waals surface area contributed by atoms with Crippen LogP contribution in [0.4, 0.5) is 0 Å². The zero-order valence-electron chi connectivity index (χ0n) is 10.1. The summed E-state index contributed by atoms with van der Waals surface area (Å²) in [5.74, 6) is 0.161. The van der Waals surface area contributed by atoms with Crippen LogP contribution in [0.5, 0.6) is 0 Å². The van der Waals surface area contributed by atoms with Crippen LogP contribution in [0, 0.1) is 0 Å². The second-order valence-electron chi connectivity index (χ2n) is 4.36. The Bertz CT molecular complexity index is 265. The van der Waals surface area contributed by atoms with Crippen molar-refractivity contribution in [3.63, 3.8) is 0 Å². The van der Waals surface area contributed by atoms with Crippen LogP contribution in [0.2, 0.25) is 0 Å². The van der Waals surface area contributed by atoms with E-state index in [1.807, 2.05) is 28.1 Å². The number of nitrogens with zero attached hydrogens (tertiary/aromatic N) is 2. The van der Waals surface area contributed by atoms with E-state index in [9.17, 15) is 4.79 Å². The molecule has 4 heteroatoms. The SMILES string of the molecule is CC(C(=O)N(C)CCN(C)C)=C1CNC1. The molecule has 0 aliphatic carbocycles. The lowest BCUT2D eigenvalue weighted by Gasteiger charge is -2.25. The maximum Gasteiger partial charge on any atom is 0.249 e. The third kappa shape index (κ3) is 3.32. The summed E-state index contributed by atoms with van der Waals surface area (Å²) in [5.41, 5.74) is 2.16. The Hall–Kier alpha value is -0.870. The van der Waals surface area contributed by atoms with E-state index in [1.165, 1.54) is 5.57 Å². The molecule has 0 aromatic rings. The molecule has 1 rings (SSSR count). The van der Waals surface area contributed by atoms with Crippen LogP contribution >= 0.6 is 0 Å². The van der Waals surface area contributed by atoms with E-state index < -0.39 is 0 Å². The lowest BCUT2D eigenvalue weighted by molar-refractivity contribution is -0.126. The average Bonchev–Trinajstić information content (AvgIpc) is 2.09. The van der Waals surface area contributed by atoms with Crippen molar-refractivity contribution < 1.29 is 4.79 Å². The summed E-state index contributed by atoms with van der Waals surface area (Å²) in [5, 5.41) is 3.15. The maximum atomic E-state index is 11.9. The Morgan fingerprint density at radius 3 is 2.27 bits per heavy atom. The van der Waals surface area contributed by atoms with Gasteiger partial charge in [-0.15, -0.1) is 0 Å². The van der Waals surface area contributed by atoms with Gasteiger partial charge in [0.25, 0.3) is 0 Å². The van der Waals surface area contributed by atoms with Gasteiger partial charge in [-0.1, -0.05) is 0 Å². The van der Waals surface area contributed by atoms with Crippen molar-refractivity contribution >= 4 is 5.91 Å². The molecule has 1 saturated heterocycles. The zero-order chi connectivity index (χ0) is 11.4. The van der Waals surface area contributed by atoms with Crippen molar-refractivity contribution in [2.75, 3.05) is 47.3 Å². The van der Waals surface area contributed by atoms with Crippen LogP contribution in [0.3, 0.4) is 0 Å². The zero-order valence-corrected chi connectivity index (χ0v) is 10.1. The molecule has 86 valence electrons. The number of carbonyl (C=O) groups is 1. The maximum absolute atomic E-state index is 11.9. The van der Waals surface area contributed by atoms with Gasteiger partial charge in [-0.3, -0.25) is 4.79 Å². The molecule has 0 aromatic carbocycles. The fourth-order valence-electron chi connectivity index (χ4n) is 1.40. The third-order valence-corrected chi connectivity index (χ3v) is 2.76. The Morgan fingerprint density at radius 1 is 1.27 bits per heavy atom. The van der Waals surface area contributed by atoms with Crippen molar-refractivity contribution in [1.29, 1.82) is 0 Å². The predicted octanol–water partition coefficient (Wildman–Crippen LogP) is -0.0739. The molecule has 1 amide bonds. The number of hydrogen-bond acceptors (Lipinski definition) is 3. The Balaban J connectivity index is 2.45. The van der Waals surface area contributed by atoms with Crippen LogP contribution in [0.25, 0.3) is 0 Å². The third-order valence-electron chi connectivity index (χ3n) is 2.76. The predicted molar refractivity (Wildman–Crippen MR) is 61.8 cm³/mol. The Morgan fingerprint density at radius 2 is 1.87 bits per heavy atom. The molecule has 15 heavy (non-hydrogen) atoms. The van der Waals surface area contributed by atoms with Gasteiger partial charge in [0.1, 0.15) is 0 Å². The summed E-state index contributed by atoms with van der Waals surface area (Å²) >= 11 is 0. The summed E-state index contributed by atoms with van der Waals surface area (Å²) in [7, 11) is 5.89. The second-order valence-corrected chi connectivity index (χ2v) is 4.36. The second kappa shape index (κ2) is 5.28. The molecular formula is C11H21N3O. The van der Waals surface area contributed by atoms with Gasteiger partial charge in [0, 0.05) is 38.8 Å². The van der Waals surface area contributed by atoms with Crippen molar-refractivity contribution in [1.82, 2.24) is 15.1 Å². The molecule has 1 heterocycles. The van der Waals surface area contributed by atoms with Crippen LogP contribution in [0.1, 0.15) is 6.92 Å². The smallest absolute Gasteiger partial charge is 0.249 e. The van der Waals surface area contributed by atoms with E-state index in [1.54, 1.807) is 4.90 Å². The summed E-state index contributed by atoms with van der Waals surface area (Å²) in [6.07, 6.45) is 0. The van der Waals surface area contributed by atoms with Crippen LogP contribution in [-0.2, 0) is 4.79 Å². The van der Waals surface area contributed by atoms with E-state index in [2.05, 4.69) is 10.2 Å². The van der Waals surface area contributed by atoms with E-state index in [0.29, 0.717) is 0 Å². The van der Waals surface area contributed by atoms with Gasteiger partial charge in [0.05, 0.1) is 0 Å². The van der Waals surface area contributed by atoms with Gasteiger partial charge in [0.2, 0.25) is 5.91 Å². The quantitative estimate of drug-likeness (QED) is 0.661. The Kier molecular flexibility index (Phi) is 4.29. The first-order chi connectivity index (χ1) is 7.02. The van der Waals surface area contributed by atoms with Crippen LogP contribution < -0.4 is 5.32 Å². The normalized spacial score (nSPS) is 15.1. The minimum Gasteiger partial charge on any atom is -0.341 e. The number of likely N-dealkylation sites (N-methyl/N-ethyl adjacent to an activating group) is 2. The Labute approximate surface area is 91.9 Å². The molecule has 1 aliphatic rings. The molecule has 0 bridgehead atoms. The standard InChI is InChI=1S/C11H21N3O/c1-9(10-7-12-8-10)11(15)14(4)6-5-13(2)3/h12H,5-8H2,1-4H3. The van der Waals surface area contributed by atoms with E-state index >= 15 is 0 Å². The van der Waals surface area contributed by atoms with Gasteiger partial charge in [-0.2, -0.15) is 0 Å². The van der Waals surface area contributed by atoms with Crippen molar-refractivity contribution in [3.05, 3.63) is 11.1 Å². The average molecular weight is 211 g/mol. The molecule has 0 unspecified atom stereocenters. The van der Waals surface area contributed by atoms with Crippen LogP contribution in [0.15, 0.2) is 11.1 Å². The highest BCUT2D eigenvalue weighted by Gasteiger charge is 2.18. The van der Waals surface area contributed by atoms with E-state index in [4.69, 9.17) is 0 Å². The van der Waals surface area contributed by atoms with Gasteiger partial charge in [-0.25, -0.2) is 0 Å². The molecule has 0 aromatic heterocycles. The minimum absolute atomic E-state index is 0.161. The molecule has 4 nitrogen and oxygen atoms in total. The molecule has 0 radical (unpaired) electrons. The van der Waals surface area contributed by atoms with Gasteiger partial charge in [0.15, 0.2) is 0 Å². The summed E-state index contributed by atoms with van der Waals surface area (Å²) < 4.78 is 0. The number of rotatable bonds is 4. The van der Waals surface area contributed by atoms with Gasteiger partial charge >= 0.3 is 0 Å². The molecule has 1 fully saturated rings. The summed E-state index contributed by atoms with van der Waals surface area (Å²) in [6.45, 7) is 5.36. The van der Waals surface area contributed by atoms with Gasteiger partial charge < -0.3 is 15.1 Å². The van der Waals surface area contributed by atoms with Crippen LogP contribution in [-0.4, -0.2) is 63.0 Å². The van der Waals surface area contributed by atoms with Crippen molar-refractivity contribution in [2.45, 2.75) is 6.92 Å². The number of hydrogen-bond donors (Lipinski definition) is 1. The molecule has 0 spiro atoms. The number of nitrogens with one attached hydrogen (secondary N) is 1. The highest BCUT2D eigenvalue weighted by Crippen LogP contribution is 2.10.